The fraction of sp³-hybridized carbons (Fsp3) is 0.621. The molecule has 194 valence electrons. The highest BCUT2D eigenvalue weighted by molar-refractivity contribution is 6.02. The van der Waals surface area contributed by atoms with Gasteiger partial charge in [0, 0.05) is 18.3 Å². The van der Waals surface area contributed by atoms with Gasteiger partial charge in [-0.2, -0.15) is 0 Å². The Morgan fingerprint density at radius 1 is 1.19 bits per heavy atom. The molecule has 1 aliphatic carbocycles. The van der Waals surface area contributed by atoms with Crippen molar-refractivity contribution >= 4 is 23.4 Å². The van der Waals surface area contributed by atoms with Crippen LogP contribution in [0.3, 0.4) is 0 Å². The predicted molar refractivity (Wildman–Crippen MR) is 138 cm³/mol. The van der Waals surface area contributed by atoms with Crippen molar-refractivity contribution in [3.8, 4) is 0 Å². The van der Waals surface area contributed by atoms with Gasteiger partial charge in [-0.15, -0.1) is 0 Å². The summed E-state index contributed by atoms with van der Waals surface area (Å²) >= 11 is 0. The highest BCUT2D eigenvalue weighted by Gasteiger charge is 2.72. The van der Waals surface area contributed by atoms with Crippen molar-refractivity contribution < 1.29 is 19.1 Å². The van der Waals surface area contributed by atoms with Crippen LogP contribution in [0, 0.1) is 30.6 Å². The highest BCUT2D eigenvalue weighted by Crippen LogP contribution is 2.55. The molecule has 8 atom stereocenters. The van der Waals surface area contributed by atoms with Gasteiger partial charge in [0.2, 0.25) is 17.7 Å². The van der Waals surface area contributed by atoms with Gasteiger partial charge < -0.3 is 20.3 Å². The van der Waals surface area contributed by atoms with Gasteiger partial charge >= 0.3 is 0 Å². The quantitative estimate of drug-likeness (QED) is 0.565. The van der Waals surface area contributed by atoms with Crippen molar-refractivity contribution in [3.05, 3.63) is 42.0 Å². The Balaban J connectivity index is 1.43. The van der Waals surface area contributed by atoms with Crippen molar-refractivity contribution in [3.63, 3.8) is 0 Å². The van der Waals surface area contributed by atoms with Crippen molar-refractivity contribution in [1.82, 2.24) is 10.2 Å². The van der Waals surface area contributed by atoms with Gasteiger partial charge in [-0.3, -0.25) is 14.4 Å². The summed E-state index contributed by atoms with van der Waals surface area (Å²) in [5.74, 6) is -0.985. The van der Waals surface area contributed by atoms with Gasteiger partial charge in [-0.05, 0) is 49.3 Å². The monoisotopic (exact) mass is 493 g/mol. The summed E-state index contributed by atoms with van der Waals surface area (Å²) in [4.78, 5) is 43.0. The lowest BCUT2D eigenvalue weighted by Crippen LogP contribution is -2.58. The molecule has 1 spiro atoms. The third-order valence-electron chi connectivity index (χ3n) is 9.00. The van der Waals surface area contributed by atoms with E-state index < -0.39 is 29.6 Å². The number of nitrogens with one attached hydrogen (secondary N) is 2. The zero-order valence-electron chi connectivity index (χ0n) is 21.8. The summed E-state index contributed by atoms with van der Waals surface area (Å²) in [6, 6.07) is 6.94. The Hall–Kier alpha value is -2.67. The highest BCUT2D eigenvalue weighted by atomic mass is 16.5. The molecule has 0 radical (unpaired) electrons. The van der Waals surface area contributed by atoms with Crippen molar-refractivity contribution in [2.45, 2.75) is 83.6 Å². The molecule has 1 aromatic rings. The molecule has 6 unspecified atom stereocenters. The Morgan fingerprint density at radius 3 is 2.75 bits per heavy atom. The first-order chi connectivity index (χ1) is 17.3. The number of carbonyl (C=O) groups is 3. The summed E-state index contributed by atoms with van der Waals surface area (Å²) < 4.78 is 6.44. The van der Waals surface area contributed by atoms with Crippen LogP contribution in [-0.4, -0.2) is 53.0 Å². The number of unbranched alkanes of at least 4 members (excludes halogenated alkanes) is 1. The molecule has 3 fully saturated rings. The van der Waals surface area contributed by atoms with Gasteiger partial charge in [0.15, 0.2) is 0 Å². The van der Waals surface area contributed by atoms with Crippen LogP contribution < -0.4 is 10.6 Å². The third-order valence-corrected chi connectivity index (χ3v) is 9.00. The summed E-state index contributed by atoms with van der Waals surface area (Å²) in [6.45, 7) is 8.97. The number of aryl methyl sites for hydroxylation is 1. The van der Waals surface area contributed by atoms with E-state index in [1.807, 2.05) is 43.3 Å². The van der Waals surface area contributed by atoms with Crippen molar-refractivity contribution in [2.24, 2.45) is 23.7 Å². The van der Waals surface area contributed by atoms with Crippen LogP contribution in [0.15, 0.2) is 36.4 Å². The topological polar surface area (TPSA) is 87.7 Å². The Bertz CT molecular complexity index is 1070. The standard InChI is InChI=1S/C29H39N3O4/c1-5-6-15-32-25(27(34)31-21-12-8-10-18(3)19(21)4)29-14-13-22(36-29)23(24(29)28(32)35)26(33)30-20-11-7-9-17(2)16-20/h7,9,11,13-14,16,18-19,21-25H,5-6,8,10,12,15H2,1-4H3,(H,30,33)(H,31,34)/t18?,19?,21?,22-,23?,24-,25?,29?/m0/s1. The fourth-order valence-corrected chi connectivity index (χ4v) is 6.83. The zero-order valence-corrected chi connectivity index (χ0v) is 21.8. The first-order valence-electron chi connectivity index (χ1n) is 13.6. The van der Waals surface area contributed by atoms with E-state index in [-0.39, 0.29) is 23.8 Å². The number of hydrogen-bond donors (Lipinski definition) is 2. The smallest absolute Gasteiger partial charge is 0.246 e. The largest absolute Gasteiger partial charge is 0.359 e. The molecule has 3 heterocycles. The fourth-order valence-electron chi connectivity index (χ4n) is 6.83. The lowest BCUT2D eigenvalue weighted by molar-refractivity contribution is -0.141. The first-order valence-corrected chi connectivity index (χ1v) is 13.6. The molecule has 36 heavy (non-hydrogen) atoms. The molecule has 7 nitrogen and oxygen atoms in total. The number of ether oxygens (including phenoxy) is 1. The van der Waals surface area contributed by atoms with Crippen LogP contribution in [0.25, 0.3) is 0 Å². The van der Waals surface area contributed by atoms with Gasteiger partial charge in [0.05, 0.1) is 17.9 Å². The number of rotatable bonds is 7. The number of anilines is 1. The summed E-state index contributed by atoms with van der Waals surface area (Å²) in [5, 5.41) is 6.29. The van der Waals surface area contributed by atoms with E-state index in [0.717, 1.165) is 31.2 Å². The van der Waals surface area contributed by atoms with E-state index >= 15 is 0 Å². The second kappa shape index (κ2) is 9.66. The minimum atomic E-state index is -1.10. The van der Waals surface area contributed by atoms with E-state index in [9.17, 15) is 14.4 Å². The van der Waals surface area contributed by atoms with Gasteiger partial charge in [0.1, 0.15) is 11.6 Å². The average molecular weight is 494 g/mol. The van der Waals surface area contributed by atoms with Crippen LogP contribution in [-0.2, 0) is 19.1 Å². The SMILES string of the molecule is CCCCN1C(=O)[C@@H]2C(C(=O)Nc3cccc(C)c3)[C@@H]3C=CC2(O3)C1C(=O)NC1CCCC(C)C1C. The number of nitrogens with zero attached hydrogens (tertiary/aromatic N) is 1. The number of likely N-dealkylation sites (tertiary alicyclic amines) is 1. The normalized spacial score (nSPS) is 36.7. The van der Waals surface area contributed by atoms with E-state index in [2.05, 4.69) is 31.4 Å². The molecule has 5 rings (SSSR count). The molecule has 3 aliphatic heterocycles. The van der Waals surface area contributed by atoms with Gasteiger partial charge in [-0.1, -0.05) is 64.3 Å². The minimum absolute atomic E-state index is 0.0859. The van der Waals surface area contributed by atoms with Crippen LogP contribution in [0.4, 0.5) is 5.69 Å². The Labute approximate surface area is 214 Å². The number of amides is 3. The maximum Gasteiger partial charge on any atom is 0.246 e. The number of carbonyl (C=O) groups excluding carboxylic acids is 3. The number of benzene rings is 1. The summed E-state index contributed by atoms with van der Waals surface area (Å²) in [6.07, 6.45) is 8.17. The Kier molecular flexibility index (Phi) is 6.70. The maximum atomic E-state index is 13.9. The molecule has 2 N–H and O–H groups in total. The molecule has 1 saturated carbocycles. The summed E-state index contributed by atoms with van der Waals surface area (Å²) in [5.41, 5.74) is 0.639. The second-order valence-electron chi connectivity index (χ2n) is 11.3. The maximum absolute atomic E-state index is 13.9. The van der Waals surface area contributed by atoms with E-state index in [1.54, 1.807) is 4.90 Å². The van der Waals surface area contributed by atoms with Crippen molar-refractivity contribution in [1.29, 1.82) is 0 Å². The molecule has 4 aliphatic rings. The van der Waals surface area contributed by atoms with Gasteiger partial charge in [-0.25, -0.2) is 0 Å². The molecule has 7 heteroatoms. The average Bonchev–Trinajstić information content (AvgIpc) is 3.48. The Morgan fingerprint density at radius 2 is 2.00 bits per heavy atom. The van der Waals surface area contributed by atoms with Crippen LogP contribution >= 0.6 is 0 Å². The van der Waals surface area contributed by atoms with E-state index in [4.69, 9.17) is 4.74 Å². The second-order valence-corrected chi connectivity index (χ2v) is 11.3. The van der Waals surface area contributed by atoms with Crippen LogP contribution in [0.1, 0.15) is 58.4 Å². The zero-order chi connectivity index (χ0) is 25.6. The lowest BCUT2D eigenvalue weighted by atomic mass is 9.73. The molecule has 2 saturated heterocycles. The summed E-state index contributed by atoms with van der Waals surface area (Å²) in [7, 11) is 0. The molecule has 1 aromatic carbocycles. The predicted octanol–water partition coefficient (Wildman–Crippen LogP) is 3.83. The molecule has 3 amide bonds. The van der Waals surface area contributed by atoms with E-state index in [0.29, 0.717) is 24.1 Å². The third kappa shape index (κ3) is 4.05. The van der Waals surface area contributed by atoms with Crippen LogP contribution in [0.2, 0.25) is 0 Å². The number of fused-ring (bicyclic) bond motifs is 1. The minimum Gasteiger partial charge on any atom is -0.359 e. The molecule has 2 bridgehead atoms. The molecular weight excluding hydrogens is 454 g/mol. The molecule has 0 aromatic heterocycles. The lowest BCUT2D eigenvalue weighted by Gasteiger charge is -2.38. The number of hydrogen-bond acceptors (Lipinski definition) is 4. The van der Waals surface area contributed by atoms with Gasteiger partial charge in [0.25, 0.3) is 0 Å². The van der Waals surface area contributed by atoms with Crippen molar-refractivity contribution in [2.75, 3.05) is 11.9 Å². The van der Waals surface area contributed by atoms with E-state index in [1.165, 1.54) is 6.42 Å². The van der Waals surface area contributed by atoms with Crippen LogP contribution in [0.5, 0.6) is 0 Å². The molecular formula is C29H39N3O4. The first kappa shape index (κ1) is 25.0.